The summed E-state index contributed by atoms with van der Waals surface area (Å²) in [5.41, 5.74) is 0.669. The van der Waals surface area contributed by atoms with Crippen LogP contribution in [-0.2, 0) is 0 Å². The molecule has 0 fully saturated rings. The molecule has 6 heteroatoms. The number of benzene rings is 2. The molecule has 2 aromatic carbocycles. The highest BCUT2D eigenvalue weighted by Gasteiger charge is 2.15. The van der Waals surface area contributed by atoms with Crippen LogP contribution in [0.2, 0.25) is 0 Å². The van der Waals surface area contributed by atoms with Crippen molar-refractivity contribution in [3.05, 3.63) is 53.6 Å². The van der Waals surface area contributed by atoms with Gasteiger partial charge in [0.15, 0.2) is 0 Å². The first-order valence-corrected chi connectivity index (χ1v) is 6.42. The molecule has 0 radical (unpaired) electrons. The zero-order valence-corrected chi connectivity index (χ0v) is 12.1. The number of methoxy groups -OCH3 is 2. The van der Waals surface area contributed by atoms with Crippen LogP contribution in [0.5, 0.6) is 11.5 Å². The molecular formula is C16H15NO5. The highest BCUT2D eigenvalue weighted by molar-refractivity contribution is 6.07. The van der Waals surface area contributed by atoms with Crippen LogP contribution in [0.4, 0.5) is 5.69 Å². The van der Waals surface area contributed by atoms with E-state index in [9.17, 15) is 9.59 Å². The number of carbonyl (C=O) groups excluding carboxylic acids is 1. The molecule has 0 saturated heterocycles. The summed E-state index contributed by atoms with van der Waals surface area (Å²) in [5, 5.41) is 11.7. The molecule has 0 aliphatic carbocycles. The molecule has 0 aliphatic heterocycles. The molecule has 2 N–H and O–H groups in total. The Hall–Kier alpha value is -3.02. The first-order valence-electron chi connectivity index (χ1n) is 6.42. The monoisotopic (exact) mass is 301 g/mol. The van der Waals surface area contributed by atoms with E-state index in [4.69, 9.17) is 14.6 Å². The Morgan fingerprint density at radius 2 is 1.68 bits per heavy atom. The standard InChI is InChI=1S/C16H15NO5/c1-21-13-6-4-3-5-11(13)15(18)17-12-9-10(16(19)20)7-8-14(12)22-2/h3-9H,1-2H3,(H,17,18)(H,19,20). The number of ether oxygens (including phenoxy) is 2. The predicted molar refractivity (Wildman–Crippen MR) is 80.9 cm³/mol. The third-order valence-electron chi connectivity index (χ3n) is 3.05. The van der Waals surface area contributed by atoms with Crippen LogP contribution in [0, 0.1) is 0 Å². The van der Waals surface area contributed by atoms with Gasteiger partial charge >= 0.3 is 5.97 Å². The Balaban J connectivity index is 2.35. The maximum atomic E-state index is 12.3. The van der Waals surface area contributed by atoms with Crippen LogP contribution in [0.25, 0.3) is 0 Å². The zero-order chi connectivity index (χ0) is 16.1. The minimum Gasteiger partial charge on any atom is -0.496 e. The van der Waals surface area contributed by atoms with Gasteiger partial charge in [0, 0.05) is 0 Å². The number of carboxylic acid groups (broad SMARTS) is 1. The van der Waals surface area contributed by atoms with Crippen molar-refractivity contribution in [1.29, 1.82) is 0 Å². The molecule has 0 spiro atoms. The van der Waals surface area contributed by atoms with Gasteiger partial charge in [-0.25, -0.2) is 4.79 Å². The molecule has 1 amide bonds. The maximum Gasteiger partial charge on any atom is 0.335 e. The van der Waals surface area contributed by atoms with Gasteiger partial charge in [-0.2, -0.15) is 0 Å². The molecule has 0 bridgehead atoms. The number of carbonyl (C=O) groups is 2. The molecule has 0 aromatic heterocycles. The van der Waals surface area contributed by atoms with E-state index in [1.807, 2.05) is 0 Å². The molecule has 2 aromatic rings. The molecule has 0 unspecified atom stereocenters. The number of amides is 1. The van der Waals surface area contributed by atoms with Crippen LogP contribution >= 0.6 is 0 Å². The van der Waals surface area contributed by atoms with Crippen molar-refractivity contribution in [2.75, 3.05) is 19.5 Å². The SMILES string of the molecule is COc1ccc(C(=O)O)cc1NC(=O)c1ccccc1OC. The second kappa shape index (κ2) is 6.62. The fourth-order valence-corrected chi connectivity index (χ4v) is 1.96. The summed E-state index contributed by atoms with van der Waals surface area (Å²) in [6, 6.07) is 11.0. The lowest BCUT2D eigenvalue weighted by molar-refractivity contribution is 0.0696. The summed E-state index contributed by atoms with van der Waals surface area (Å²) in [6.07, 6.45) is 0. The highest BCUT2D eigenvalue weighted by Crippen LogP contribution is 2.27. The van der Waals surface area contributed by atoms with Crippen molar-refractivity contribution in [2.45, 2.75) is 0 Å². The van der Waals surface area contributed by atoms with Crippen molar-refractivity contribution < 1.29 is 24.2 Å². The number of nitrogens with one attached hydrogen (secondary N) is 1. The maximum absolute atomic E-state index is 12.3. The van der Waals surface area contributed by atoms with Gasteiger partial charge in [-0.3, -0.25) is 4.79 Å². The molecule has 114 valence electrons. The summed E-state index contributed by atoms with van der Waals surface area (Å²) in [7, 11) is 2.91. The van der Waals surface area contributed by atoms with E-state index in [0.29, 0.717) is 17.1 Å². The van der Waals surface area contributed by atoms with Crippen molar-refractivity contribution >= 4 is 17.6 Å². The molecule has 2 rings (SSSR count). The van der Waals surface area contributed by atoms with Gasteiger partial charge in [0.25, 0.3) is 5.91 Å². The van der Waals surface area contributed by atoms with Crippen LogP contribution < -0.4 is 14.8 Å². The summed E-state index contributed by atoms with van der Waals surface area (Å²) in [5.74, 6) is -0.713. The number of anilines is 1. The molecule has 0 aliphatic rings. The van der Waals surface area contributed by atoms with Gasteiger partial charge in [0.1, 0.15) is 11.5 Å². The minimum atomic E-state index is -1.09. The van der Waals surface area contributed by atoms with Crippen molar-refractivity contribution in [2.24, 2.45) is 0 Å². The number of aromatic carboxylic acids is 1. The fraction of sp³-hybridized carbons (Fsp3) is 0.125. The van der Waals surface area contributed by atoms with Gasteiger partial charge in [-0.1, -0.05) is 12.1 Å². The largest absolute Gasteiger partial charge is 0.496 e. The lowest BCUT2D eigenvalue weighted by atomic mass is 10.1. The summed E-state index contributed by atoms with van der Waals surface area (Å²) >= 11 is 0. The van der Waals surface area contributed by atoms with Gasteiger partial charge in [0.05, 0.1) is 31.0 Å². The smallest absolute Gasteiger partial charge is 0.335 e. The van der Waals surface area contributed by atoms with Crippen molar-refractivity contribution in [1.82, 2.24) is 0 Å². The first kappa shape index (κ1) is 15.4. The second-order valence-electron chi connectivity index (χ2n) is 4.37. The Morgan fingerprint density at radius 1 is 1.00 bits per heavy atom. The van der Waals surface area contributed by atoms with E-state index in [2.05, 4.69) is 5.32 Å². The van der Waals surface area contributed by atoms with Crippen LogP contribution in [0.1, 0.15) is 20.7 Å². The summed E-state index contributed by atoms with van der Waals surface area (Å²) in [4.78, 5) is 23.4. The number of para-hydroxylation sites is 1. The van der Waals surface area contributed by atoms with E-state index in [1.165, 1.54) is 32.4 Å². The van der Waals surface area contributed by atoms with E-state index < -0.39 is 11.9 Å². The second-order valence-corrected chi connectivity index (χ2v) is 4.37. The predicted octanol–water partition coefficient (Wildman–Crippen LogP) is 2.65. The van der Waals surface area contributed by atoms with E-state index in [-0.39, 0.29) is 11.3 Å². The molecule has 6 nitrogen and oxygen atoms in total. The molecule has 0 saturated carbocycles. The molecule has 0 atom stereocenters. The minimum absolute atomic E-state index is 0.0520. The number of carboxylic acids is 1. The Morgan fingerprint density at radius 3 is 2.32 bits per heavy atom. The topological polar surface area (TPSA) is 84.9 Å². The zero-order valence-electron chi connectivity index (χ0n) is 12.1. The van der Waals surface area contributed by atoms with Gasteiger partial charge in [0.2, 0.25) is 0 Å². The lowest BCUT2D eigenvalue weighted by Crippen LogP contribution is -2.14. The van der Waals surface area contributed by atoms with Gasteiger partial charge in [-0.05, 0) is 30.3 Å². The third kappa shape index (κ3) is 3.17. The van der Waals surface area contributed by atoms with Crippen molar-refractivity contribution in [3.63, 3.8) is 0 Å². The molecule has 0 heterocycles. The summed E-state index contributed by atoms with van der Waals surface area (Å²) in [6.45, 7) is 0. The number of hydrogen-bond donors (Lipinski definition) is 2. The lowest BCUT2D eigenvalue weighted by Gasteiger charge is -2.12. The fourth-order valence-electron chi connectivity index (χ4n) is 1.96. The van der Waals surface area contributed by atoms with E-state index in [0.717, 1.165) is 0 Å². The van der Waals surface area contributed by atoms with E-state index >= 15 is 0 Å². The quantitative estimate of drug-likeness (QED) is 0.887. The third-order valence-corrected chi connectivity index (χ3v) is 3.05. The Kier molecular flexibility index (Phi) is 4.63. The number of hydrogen-bond acceptors (Lipinski definition) is 4. The van der Waals surface area contributed by atoms with Gasteiger partial charge < -0.3 is 19.9 Å². The first-order chi connectivity index (χ1) is 10.6. The Bertz CT molecular complexity index is 711. The average molecular weight is 301 g/mol. The highest BCUT2D eigenvalue weighted by atomic mass is 16.5. The van der Waals surface area contributed by atoms with E-state index in [1.54, 1.807) is 24.3 Å². The van der Waals surface area contributed by atoms with Crippen LogP contribution in [-0.4, -0.2) is 31.2 Å². The van der Waals surface area contributed by atoms with Crippen molar-refractivity contribution in [3.8, 4) is 11.5 Å². The van der Waals surface area contributed by atoms with Crippen LogP contribution in [0.15, 0.2) is 42.5 Å². The normalized spacial score (nSPS) is 9.91. The van der Waals surface area contributed by atoms with Gasteiger partial charge in [-0.15, -0.1) is 0 Å². The summed E-state index contributed by atoms with van der Waals surface area (Å²) < 4.78 is 10.3. The average Bonchev–Trinajstić information content (AvgIpc) is 2.54. The molecular weight excluding hydrogens is 286 g/mol. The Labute approximate surface area is 127 Å². The molecule has 22 heavy (non-hydrogen) atoms. The number of rotatable bonds is 5. The van der Waals surface area contributed by atoms with Crippen LogP contribution in [0.3, 0.4) is 0 Å².